The molecule has 0 saturated heterocycles. The highest BCUT2D eigenvalue weighted by Crippen LogP contribution is 2.36. The van der Waals surface area contributed by atoms with Gasteiger partial charge >= 0.3 is 12.4 Å². The molecule has 0 radical (unpaired) electrons. The highest BCUT2D eigenvalue weighted by Gasteiger charge is 2.33. The lowest BCUT2D eigenvalue weighted by atomic mass is 10.3. The van der Waals surface area contributed by atoms with Crippen molar-refractivity contribution in [2.24, 2.45) is 0 Å². The summed E-state index contributed by atoms with van der Waals surface area (Å²) >= 11 is 0. The summed E-state index contributed by atoms with van der Waals surface area (Å²) < 4.78 is 45.6. The summed E-state index contributed by atoms with van der Waals surface area (Å²) in [5.41, 5.74) is -0.463. The number of non-ortho nitro benzene ring substituents is 1. The number of nitro groups is 1. The van der Waals surface area contributed by atoms with Crippen molar-refractivity contribution in [3.8, 4) is 17.5 Å². The SMILES string of the molecule is O=[N+]([O-])c1ccc(OC(F)(F)F)c(Oc2ncccn2)c1. The number of alkyl halides is 3. The number of ether oxygens (including phenoxy) is 2. The summed E-state index contributed by atoms with van der Waals surface area (Å²) in [5.74, 6) is -1.26. The number of nitrogens with zero attached hydrogens (tertiary/aromatic N) is 3. The minimum absolute atomic E-state index is 0.273. The lowest BCUT2D eigenvalue weighted by Gasteiger charge is -2.12. The number of halogens is 3. The van der Waals surface area contributed by atoms with Gasteiger partial charge in [-0.25, -0.2) is 9.97 Å². The molecule has 2 rings (SSSR count). The van der Waals surface area contributed by atoms with Crippen molar-refractivity contribution in [1.29, 1.82) is 0 Å². The molecule has 0 bridgehead atoms. The van der Waals surface area contributed by atoms with Crippen LogP contribution >= 0.6 is 0 Å². The fraction of sp³-hybridized carbons (Fsp3) is 0.0909. The van der Waals surface area contributed by atoms with Gasteiger partial charge in [-0.1, -0.05) is 0 Å². The van der Waals surface area contributed by atoms with E-state index in [-0.39, 0.29) is 6.01 Å². The van der Waals surface area contributed by atoms with Gasteiger partial charge in [-0.15, -0.1) is 13.2 Å². The van der Waals surface area contributed by atoms with Gasteiger partial charge in [0.2, 0.25) is 0 Å². The van der Waals surface area contributed by atoms with E-state index in [1.165, 1.54) is 18.5 Å². The predicted molar refractivity (Wildman–Crippen MR) is 61.9 cm³/mol. The lowest BCUT2D eigenvalue weighted by Crippen LogP contribution is -2.17. The summed E-state index contributed by atoms with van der Waals surface area (Å²) in [7, 11) is 0. The highest BCUT2D eigenvalue weighted by atomic mass is 19.4. The van der Waals surface area contributed by atoms with E-state index in [2.05, 4.69) is 14.7 Å². The first-order chi connectivity index (χ1) is 9.85. The first-order valence-electron chi connectivity index (χ1n) is 5.34. The van der Waals surface area contributed by atoms with Gasteiger partial charge in [0, 0.05) is 18.5 Å². The van der Waals surface area contributed by atoms with E-state index in [4.69, 9.17) is 4.74 Å². The average molecular weight is 301 g/mol. The summed E-state index contributed by atoms with van der Waals surface area (Å²) in [5, 5.41) is 10.7. The fourth-order valence-corrected chi connectivity index (χ4v) is 1.34. The van der Waals surface area contributed by atoms with E-state index in [1.54, 1.807) is 0 Å². The van der Waals surface area contributed by atoms with Crippen LogP contribution in [0.3, 0.4) is 0 Å². The Balaban J connectivity index is 2.38. The first-order valence-corrected chi connectivity index (χ1v) is 5.34. The maximum Gasteiger partial charge on any atom is 0.573 e. The summed E-state index contributed by atoms with van der Waals surface area (Å²) in [6, 6.07) is 3.62. The number of rotatable bonds is 4. The second-order valence-corrected chi connectivity index (χ2v) is 3.57. The monoisotopic (exact) mass is 301 g/mol. The molecule has 0 unspecified atom stereocenters. The van der Waals surface area contributed by atoms with E-state index < -0.39 is 28.5 Å². The Morgan fingerprint density at radius 1 is 1.14 bits per heavy atom. The zero-order chi connectivity index (χ0) is 15.5. The van der Waals surface area contributed by atoms with E-state index in [9.17, 15) is 23.3 Å². The molecule has 0 saturated carbocycles. The van der Waals surface area contributed by atoms with Crippen LogP contribution in [0.4, 0.5) is 18.9 Å². The molecule has 0 aliphatic carbocycles. The minimum Gasteiger partial charge on any atom is -0.420 e. The summed E-state index contributed by atoms with van der Waals surface area (Å²) in [6.45, 7) is 0. The van der Waals surface area contributed by atoms with Crippen molar-refractivity contribution in [2.45, 2.75) is 6.36 Å². The Morgan fingerprint density at radius 2 is 1.81 bits per heavy atom. The third-order valence-electron chi connectivity index (χ3n) is 2.11. The van der Waals surface area contributed by atoms with Gasteiger partial charge < -0.3 is 9.47 Å². The molecule has 2 aromatic rings. The van der Waals surface area contributed by atoms with Gasteiger partial charge in [0.1, 0.15) is 0 Å². The smallest absolute Gasteiger partial charge is 0.420 e. The van der Waals surface area contributed by atoms with Crippen LogP contribution in [-0.4, -0.2) is 21.3 Å². The summed E-state index contributed by atoms with van der Waals surface area (Å²) in [4.78, 5) is 17.2. The molecule has 0 N–H and O–H groups in total. The van der Waals surface area contributed by atoms with Crippen LogP contribution < -0.4 is 9.47 Å². The molecule has 110 valence electrons. The zero-order valence-electron chi connectivity index (χ0n) is 10.1. The van der Waals surface area contributed by atoms with Gasteiger partial charge in [-0.3, -0.25) is 10.1 Å². The maximum atomic E-state index is 12.3. The van der Waals surface area contributed by atoms with Gasteiger partial charge in [-0.2, -0.15) is 0 Å². The topological polar surface area (TPSA) is 87.4 Å². The summed E-state index contributed by atoms with van der Waals surface area (Å²) in [6.07, 6.45) is -2.38. The Labute approximate surface area is 115 Å². The van der Waals surface area contributed by atoms with Crippen LogP contribution in [0, 0.1) is 10.1 Å². The van der Waals surface area contributed by atoms with Crippen LogP contribution in [-0.2, 0) is 0 Å². The van der Waals surface area contributed by atoms with Crippen molar-refractivity contribution in [3.63, 3.8) is 0 Å². The second-order valence-electron chi connectivity index (χ2n) is 3.57. The highest BCUT2D eigenvalue weighted by molar-refractivity contribution is 5.49. The largest absolute Gasteiger partial charge is 0.573 e. The van der Waals surface area contributed by atoms with Crippen LogP contribution in [0.15, 0.2) is 36.7 Å². The van der Waals surface area contributed by atoms with Crippen LogP contribution in [0.1, 0.15) is 0 Å². The van der Waals surface area contributed by atoms with Crippen molar-refractivity contribution in [2.75, 3.05) is 0 Å². The Bertz CT molecular complexity index is 649. The Kier molecular flexibility index (Phi) is 3.87. The minimum atomic E-state index is -4.97. The van der Waals surface area contributed by atoms with Gasteiger partial charge in [-0.05, 0) is 12.1 Å². The molecule has 1 heterocycles. The van der Waals surface area contributed by atoms with Crippen LogP contribution in [0.25, 0.3) is 0 Å². The van der Waals surface area contributed by atoms with E-state index >= 15 is 0 Å². The first kappa shape index (κ1) is 14.5. The van der Waals surface area contributed by atoms with E-state index in [0.717, 1.165) is 18.2 Å². The number of benzene rings is 1. The lowest BCUT2D eigenvalue weighted by molar-refractivity contribution is -0.385. The van der Waals surface area contributed by atoms with Crippen molar-refractivity contribution < 1.29 is 27.6 Å². The second kappa shape index (κ2) is 5.61. The van der Waals surface area contributed by atoms with E-state index in [0.29, 0.717) is 0 Å². The molecule has 0 aliphatic heterocycles. The number of hydrogen-bond acceptors (Lipinski definition) is 6. The molecule has 7 nitrogen and oxygen atoms in total. The molecular weight excluding hydrogens is 295 g/mol. The Hall–Kier alpha value is -2.91. The molecule has 0 spiro atoms. The third kappa shape index (κ3) is 4.03. The fourth-order valence-electron chi connectivity index (χ4n) is 1.34. The molecule has 0 atom stereocenters. The van der Waals surface area contributed by atoms with Crippen LogP contribution in [0.5, 0.6) is 17.5 Å². The van der Waals surface area contributed by atoms with Gasteiger partial charge in [0.25, 0.3) is 5.69 Å². The molecule has 21 heavy (non-hydrogen) atoms. The molecule has 10 heteroatoms. The van der Waals surface area contributed by atoms with Crippen molar-refractivity contribution in [3.05, 3.63) is 46.8 Å². The molecule has 1 aromatic carbocycles. The average Bonchev–Trinajstić information content (AvgIpc) is 2.40. The maximum absolute atomic E-state index is 12.3. The normalized spacial score (nSPS) is 11.0. The van der Waals surface area contributed by atoms with Crippen LogP contribution in [0.2, 0.25) is 0 Å². The Morgan fingerprint density at radius 3 is 2.38 bits per heavy atom. The van der Waals surface area contributed by atoms with Crippen molar-refractivity contribution in [1.82, 2.24) is 9.97 Å². The molecule has 0 aliphatic rings. The van der Waals surface area contributed by atoms with Gasteiger partial charge in [0.05, 0.1) is 11.0 Å². The molecular formula is C11H6F3N3O4. The molecule has 1 aromatic heterocycles. The number of nitro benzene ring substituents is 1. The quantitative estimate of drug-likeness (QED) is 0.637. The van der Waals surface area contributed by atoms with Gasteiger partial charge in [0.15, 0.2) is 11.5 Å². The third-order valence-corrected chi connectivity index (χ3v) is 2.11. The number of hydrogen-bond donors (Lipinski definition) is 0. The number of aromatic nitrogens is 2. The standard InChI is InChI=1S/C11H6F3N3O4/c12-11(13,14)21-8-3-2-7(17(18)19)6-9(8)20-10-15-4-1-5-16-10/h1-6H. The van der Waals surface area contributed by atoms with E-state index in [1.807, 2.05) is 0 Å². The van der Waals surface area contributed by atoms with Crippen molar-refractivity contribution >= 4 is 5.69 Å². The molecule has 0 fully saturated rings. The molecule has 0 amide bonds. The predicted octanol–water partition coefficient (Wildman–Crippen LogP) is 3.08. The zero-order valence-corrected chi connectivity index (χ0v) is 10.1.